The molecule has 0 aromatic rings. The second-order valence-corrected chi connectivity index (χ2v) is 3.16. The fourth-order valence-electron chi connectivity index (χ4n) is 1.99. The van der Waals surface area contributed by atoms with Crippen LogP contribution in [-0.4, -0.2) is 11.2 Å². The number of hydrogen-bond acceptors (Lipinski definition) is 1. The maximum Gasteiger partial charge on any atom is 0.0633 e. The molecule has 2 aliphatic carbocycles. The molecule has 0 aromatic carbocycles. The van der Waals surface area contributed by atoms with Gasteiger partial charge in [-0.15, -0.1) is 0 Å². The van der Waals surface area contributed by atoms with Crippen molar-refractivity contribution in [2.75, 3.05) is 0 Å². The minimum absolute atomic E-state index is 0.00463. The van der Waals surface area contributed by atoms with Crippen LogP contribution in [0.1, 0.15) is 19.3 Å². The number of fused-ring (bicyclic) bond motifs is 2. The Morgan fingerprint density at radius 2 is 2.22 bits per heavy atom. The van der Waals surface area contributed by atoms with Gasteiger partial charge in [0.25, 0.3) is 0 Å². The van der Waals surface area contributed by atoms with Crippen LogP contribution < -0.4 is 0 Å². The predicted molar refractivity (Wildman–Crippen MR) is 36.0 cm³/mol. The van der Waals surface area contributed by atoms with Gasteiger partial charge in [0.15, 0.2) is 0 Å². The molecule has 0 spiro atoms. The molecule has 3 atom stereocenters. The Morgan fingerprint density at radius 3 is 2.89 bits per heavy atom. The first kappa shape index (κ1) is 5.48. The largest absolute Gasteiger partial charge is 0.392 e. The number of rotatable bonds is 0. The minimum atomic E-state index is -0.00463. The second-order valence-electron chi connectivity index (χ2n) is 3.16. The highest BCUT2D eigenvalue weighted by molar-refractivity contribution is 5.05. The van der Waals surface area contributed by atoms with E-state index in [1.54, 1.807) is 0 Å². The van der Waals surface area contributed by atoms with Crippen LogP contribution in [0.3, 0.4) is 0 Å². The van der Waals surface area contributed by atoms with Gasteiger partial charge in [0, 0.05) is 5.92 Å². The van der Waals surface area contributed by atoms with Crippen molar-refractivity contribution in [2.24, 2.45) is 11.8 Å². The molecule has 1 fully saturated rings. The van der Waals surface area contributed by atoms with Gasteiger partial charge in [-0.3, -0.25) is 0 Å². The van der Waals surface area contributed by atoms with Crippen LogP contribution in [0.25, 0.3) is 0 Å². The van der Waals surface area contributed by atoms with E-state index in [9.17, 15) is 5.11 Å². The van der Waals surface area contributed by atoms with E-state index in [0.717, 1.165) is 6.42 Å². The van der Waals surface area contributed by atoms with Crippen molar-refractivity contribution in [2.45, 2.75) is 25.4 Å². The fraction of sp³-hybridized carbons (Fsp3) is 0.750. The van der Waals surface area contributed by atoms with Gasteiger partial charge < -0.3 is 5.11 Å². The zero-order valence-electron chi connectivity index (χ0n) is 5.46. The summed E-state index contributed by atoms with van der Waals surface area (Å²) in [6.07, 6.45) is 7.94. The van der Waals surface area contributed by atoms with Crippen LogP contribution in [0.15, 0.2) is 12.2 Å². The normalized spacial score (nSPS) is 47.9. The molecule has 1 nitrogen and oxygen atoms in total. The lowest BCUT2D eigenvalue weighted by Gasteiger charge is -2.19. The van der Waals surface area contributed by atoms with Crippen molar-refractivity contribution in [1.29, 1.82) is 0 Å². The van der Waals surface area contributed by atoms with Crippen LogP contribution in [0.4, 0.5) is 0 Å². The van der Waals surface area contributed by atoms with Gasteiger partial charge in [-0.05, 0) is 25.2 Å². The summed E-state index contributed by atoms with van der Waals surface area (Å²) in [5.74, 6) is 1.10. The van der Waals surface area contributed by atoms with E-state index in [0.29, 0.717) is 11.8 Å². The molecule has 0 saturated heterocycles. The van der Waals surface area contributed by atoms with Gasteiger partial charge in [0.1, 0.15) is 0 Å². The molecule has 2 aliphatic rings. The Balaban J connectivity index is 2.22. The smallest absolute Gasteiger partial charge is 0.0633 e. The monoisotopic (exact) mass is 124 g/mol. The number of allylic oxidation sites excluding steroid dienone is 1. The quantitative estimate of drug-likeness (QED) is 0.483. The predicted octanol–water partition coefficient (Wildman–Crippen LogP) is 1.33. The van der Waals surface area contributed by atoms with Crippen molar-refractivity contribution < 1.29 is 5.11 Å². The molecule has 9 heavy (non-hydrogen) atoms. The molecular weight excluding hydrogens is 112 g/mol. The van der Waals surface area contributed by atoms with Gasteiger partial charge in [0.2, 0.25) is 0 Å². The molecule has 1 saturated carbocycles. The highest BCUT2D eigenvalue weighted by Gasteiger charge is 2.34. The average Bonchev–Trinajstić information content (AvgIpc) is 2.19. The van der Waals surface area contributed by atoms with E-state index < -0.39 is 0 Å². The van der Waals surface area contributed by atoms with Crippen molar-refractivity contribution in [3.05, 3.63) is 12.2 Å². The number of aliphatic hydroxyl groups is 1. The summed E-state index contributed by atoms with van der Waals surface area (Å²) in [6, 6.07) is 0. The van der Waals surface area contributed by atoms with Crippen LogP contribution in [0.2, 0.25) is 0 Å². The third-order valence-electron chi connectivity index (χ3n) is 2.61. The van der Waals surface area contributed by atoms with E-state index in [1.807, 2.05) is 0 Å². The fourth-order valence-corrected chi connectivity index (χ4v) is 1.99. The summed E-state index contributed by atoms with van der Waals surface area (Å²) in [6.45, 7) is 0. The highest BCUT2D eigenvalue weighted by Crippen LogP contribution is 2.37. The zero-order valence-corrected chi connectivity index (χ0v) is 5.46. The Bertz CT molecular complexity index is 140. The van der Waals surface area contributed by atoms with E-state index in [-0.39, 0.29) is 6.10 Å². The lowest BCUT2D eigenvalue weighted by molar-refractivity contribution is 0.103. The van der Waals surface area contributed by atoms with E-state index in [1.165, 1.54) is 12.8 Å². The molecule has 50 valence electrons. The average molecular weight is 124 g/mol. The lowest BCUT2D eigenvalue weighted by atomic mass is 9.92. The first-order valence-corrected chi connectivity index (χ1v) is 3.72. The molecule has 0 aliphatic heterocycles. The maximum absolute atomic E-state index is 9.46. The van der Waals surface area contributed by atoms with Crippen molar-refractivity contribution in [3.8, 4) is 0 Å². The van der Waals surface area contributed by atoms with Crippen LogP contribution in [0, 0.1) is 11.8 Å². The summed E-state index contributed by atoms with van der Waals surface area (Å²) < 4.78 is 0. The number of aliphatic hydroxyl groups excluding tert-OH is 1. The molecule has 1 heteroatoms. The van der Waals surface area contributed by atoms with E-state index in [2.05, 4.69) is 12.2 Å². The zero-order chi connectivity index (χ0) is 6.27. The molecule has 0 heterocycles. The van der Waals surface area contributed by atoms with Gasteiger partial charge in [0.05, 0.1) is 6.10 Å². The lowest BCUT2D eigenvalue weighted by Crippen LogP contribution is -2.21. The Kier molecular flexibility index (Phi) is 1.12. The summed E-state index contributed by atoms with van der Waals surface area (Å²) in [7, 11) is 0. The molecular formula is C8H12O. The van der Waals surface area contributed by atoms with Gasteiger partial charge in [-0.25, -0.2) is 0 Å². The first-order valence-electron chi connectivity index (χ1n) is 3.72. The third-order valence-corrected chi connectivity index (χ3v) is 2.61. The van der Waals surface area contributed by atoms with Gasteiger partial charge in [-0.2, -0.15) is 0 Å². The molecule has 0 aromatic heterocycles. The topological polar surface area (TPSA) is 20.2 Å². The highest BCUT2D eigenvalue weighted by atomic mass is 16.3. The maximum atomic E-state index is 9.46. The summed E-state index contributed by atoms with van der Waals surface area (Å²) in [4.78, 5) is 0. The minimum Gasteiger partial charge on any atom is -0.392 e. The number of hydrogen-bond donors (Lipinski definition) is 1. The summed E-state index contributed by atoms with van der Waals surface area (Å²) in [5, 5.41) is 9.46. The standard InChI is InChI=1S/C8H12O/c9-8-6-2-1-3-7(8)5-4-6/h1-2,6-9H,3-5H2/t6-,7-,8-/m1/s1. The molecule has 2 bridgehead atoms. The Labute approximate surface area is 55.4 Å². The Morgan fingerprint density at radius 1 is 1.33 bits per heavy atom. The Hall–Kier alpha value is -0.300. The molecule has 2 rings (SSSR count). The van der Waals surface area contributed by atoms with E-state index >= 15 is 0 Å². The van der Waals surface area contributed by atoms with Gasteiger partial charge >= 0.3 is 0 Å². The van der Waals surface area contributed by atoms with Gasteiger partial charge in [-0.1, -0.05) is 12.2 Å². The van der Waals surface area contributed by atoms with Crippen LogP contribution in [-0.2, 0) is 0 Å². The van der Waals surface area contributed by atoms with Crippen molar-refractivity contribution in [3.63, 3.8) is 0 Å². The van der Waals surface area contributed by atoms with Crippen LogP contribution >= 0.6 is 0 Å². The van der Waals surface area contributed by atoms with E-state index in [4.69, 9.17) is 0 Å². The third kappa shape index (κ3) is 0.715. The molecule has 0 radical (unpaired) electrons. The first-order chi connectivity index (χ1) is 4.38. The van der Waals surface area contributed by atoms with Crippen molar-refractivity contribution >= 4 is 0 Å². The molecule has 1 N–H and O–H groups in total. The van der Waals surface area contributed by atoms with Crippen LogP contribution in [0.5, 0.6) is 0 Å². The van der Waals surface area contributed by atoms with Crippen molar-refractivity contribution in [1.82, 2.24) is 0 Å². The molecule has 0 amide bonds. The summed E-state index contributed by atoms with van der Waals surface area (Å²) in [5.41, 5.74) is 0. The SMILES string of the molecule is O[C@H]1[C@@H]2CC=C[C@@H]1CC2. The summed E-state index contributed by atoms with van der Waals surface area (Å²) >= 11 is 0. The molecule has 0 unspecified atom stereocenters. The second kappa shape index (κ2) is 1.84.